The van der Waals surface area contributed by atoms with E-state index in [0.29, 0.717) is 19.7 Å². The molecule has 1 aromatic heterocycles. The van der Waals surface area contributed by atoms with Gasteiger partial charge in [-0.3, -0.25) is 0 Å². The lowest BCUT2D eigenvalue weighted by molar-refractivity contribution is 0.344. The largest absolute Gasteiger partial charge is 0.371 e. The minimum atomic E-state index is -0.533. The van der Waals surface area contributed by atoms with Crippen LogP contribution in [0.25, 0.3) is 0 Å². The molecule has 1 atom stereocenters. The second-order valence-electron chi connectivity index (χ2n) is 6.42. The Morgan fingerprint density at radius 3 is 1.62 bits per heavy atom. The Morgan fingerprint density at radius 1 is 0.905 bits per heavy atom. The molecule has 1 saturated heterocycles. The Morgan fingerprint density at radius 2 is 1.29 bits per heavy atom. The van der Waals surface area contributed by atoms with Gasteiger partial charge in [0.2, 0.25) is 0 Å². The fourth-order valence-electron chi connectivity index (χ4n) is 2.26. The van der Waals surface area contributed by atoms with Crippen LogP contribution >= 0.6 is 0 Å². The van der Waals surface area contributed by atoms with Gasteiger partial charge in [-0.2, -0.15) is 0 Å². The first-order valence-electron chi connectivity index (χ1n) is 7.37. The molecule has 0 spiro atoms. The van der Waals surface area contributed by atoms with Gasteiger partial charge in [-0.15, -0.1) is 0 Å². The Bertz CT molecular complexity index is 564. The van der Waals surface area contributed by atoms with Crippen molar-refractivity contribution in [2.45, 2.75) is 53.4 Å². The van der Waals surface area contributed by atoms with Gasteiger partial charge in [-0.05, 0) is 11.8 Å². The summed E-state index contributed by atoms with van der Waals surface area (Å²) >= 11 is 0. The number of ether oxygens (including phenoxy) is 1. The number of hydrogen-bond donors (Lipinski definition) is 0. The summed E-state index contributed by atoms with van der Waals surface area (Å²) in [5.74, 6) is 0.289. The van der Waals surface area contributed by atoms with Crippen LogP contribution < -0.4 is 17.1 Å². The summed E-state index contributed by atoms with van der Waals surface area (Å²) in [4.78, 5) is 37.2. The summed E-state index contributed by atoms with van der Waals surface area (Å²) in [5, 5.41) is 0. The molecule has 7 heteroatoms. The molecule has 0 N–H and O–H groups in total. The standard InChI is InChI=1S/C14H23N3O4/c1-9(2)5-15-12(18)16(6-10(3)4)14(20)17(13(15)19)7-11-8-21-11/h9-11H,5-8H2,1-4H3. The summed E-state index contributed by atoms with van der Waals surface area (Å²) in [6, 6.07) is 0. The summed E-state index contributed by atoms with van der Waals surface area (Å²) in [6.45, 7) is 9.10. The van der Waals surface area contributed by atoms with Crippen LogP contribution in [0, 0.1) is 11.8 Å². The lowest BCUT2D eigenvalue weighted by Gasteiger charge is -2.15. The number of nitrogens with zero attached hydrogens (tertiary/aromatic N) is 3. The highest BCUT2D eigenvalue weighted by Gasteiger charge is 2.26. The molecule has 7 nitrogen and oxygen atoms in total. The maximum absolute atomic E-state index is 12.4. The van der Waals surface area contributed by atoms with E-state index in [2.05, 4.69) is 0 Å². The minimum Gasteiger partial charge on any atom is -0.371 e. The normalized spacial score (nSPS) is 17.7. The van der Waals surface area contributed by atoms with Crippen molar-refractivity contribution in [2.24, 2.45) is 11.8 Å². The van der Waals surface area contributed by atoms with Crippen molar-refractivity contribution in [3.63, 3.8) is 0 Å². The third-order valence-electron chi connectivity index (χ3n) is 3.27. The molecule has 0 aliphatic carbocycles. The van der Waals surface area contributed by atoms with Gasteiger partial charge < -0.3 is 4.74 Å². The maximum atomic E-state index is 12.4. The smallest absolute Gasteiger partial charge is 0.336 e. The van der Waals surface area contributed by atoms with Crippen LogP contribution in [0.3, 0.4) is 0 Å². The highest BCUT2D eigenvalue weighted by Crippen LogP contribution is 2.09. The third-order valence-corrected chi connectivity index (χ3v) is 3.27. The van der Waals surface area contributed by atoms with Gasteiger partial charge in [0.1, 0.15) is 0 Å². The van der Waals surface area contributed by atoms with Crippen LogP contribution in [0.5, 0.6) is 0 Å². The van der Waals surface area contributed by atoms with Gasteiger partial charge in [0.15, 0.2) is 0 Å². The van der Waals surface area contributed by atoms with Gasteiger partial charge >= 0.3 is 17.1 Å². The molecule has 1 fully saturated rings. The van der Waals surface area contributed by atoms with E-state index in [9.17, 15) is 14.4 Å². The average molecular weight is 297 g/mol. The van der Waals surface area contributed by atoms with Gasteiger partial charge in [0, 0.05) is 13.1 Å². The highest BCUT2D eigenvalue weighted by molar-refractivity contribution is 4.83. The van der Waals surface area contributed by atoms with Crippen LogP contribution in [0.2, 0.25) is 0 Å². The minimum absolute atomic E-state index is 0.0899. The predicted octanol–water partition coefficient (Wildman–Crippen LogP) is -0.117. The lowest BCUT2D eigenvalue weighted by Crippen LogP contribution is -2.55. The van der Waals surface area contributed by atoms with Crippen molar-refractivity contribution in [1.29, 1.82) is 0 Å². The van der Waals surface area contributed by atoms with Gasteiger partial charge in [0.25, 0.3) is 0 Å². The molecule has 1 aliphatic rings. The van der Waals surface area contributed by atoms with Crippen molar-refractivity contribution in [3.05, 3.63) is 31.5 Å². The van der Waals surface area contributed by atoms with Crippen LogP contribution in [0.15, 0.2) is 14.4 Å². The van der Waals surface area contributed by atoms with Crippen molar-refractivity contribution in [1.82, 2.24) is 13.7 Å². The fraction of sp³-hybridized carbons (Fsp3) is 0.786. The molecular formula is C14H23N3O4. The van der Waals surface area contributed by atoms with E-state index >= 15 is 0 Å². The molecule has 2 rings (SSSR count). The van der Waals surface area contributed by atoms with E-state index in [0.717, 1.165) is 13.7 Å². The van der Waals surface area contributed by atoms with Crippen LogP contribution in [0.4, 0.5) is 0 Å². The quantitative estimate of drug-likeness (QED) is 0.686. The zero-order valence-electron chi connectivity index (χ0n) is 13.0. The molecule has 21 heavy (non-hydrogen) atoms. The van der Waals surface area contributed by atoms with Crippen molar-refractivity contribution in [2.75, 3.05) is 6.61 Å². The van der Waals surface area contributed by atoms with Gasteiger partial charge in [-0.25, -0.2) is 28.1 Å². The highest BCUT2D eigenvalue weighted by atomic mass is 16.6. The molecule has 118 valence electrons. The van der Waals surface area contributed by atoms with E-state index in [4.69, 9.17) is 4.74 Å². The Kier molecular flexibility index (Phi) is 4.51. The van der Waals surface area contributed by atoms with E-state index in [-0.39, 0.29) is 24.5 Å². The molecule has 1 aliphatic heterocycles. The van der Waals surface area contributed by atoms with E-state index < -0.39 is 17.1 Å². The molecule has 1 aromatic rings. The van der Waals surface area contributed by atoms with Crippen molar-refractivity contribution in [3.8, 4) is 0 Å². The van der Waals surface area contributed by atoms with Crippen molar-refractivity contribution >= 4 is 0 Å². The second-order valence-corrected chi connectivity index (χ2v) is 6.42. The first-order chi connectivity index (χ1) is 9.81. The number of epoxide rings is 1. The maximum Gasteiger partial charge on any atom is 0.336 e. The van der Waals surface area contributed by atoms with Crippen LogP contribution in [-0.2, 0) is 24.4 Å². The third kappa shape index (κ3) is 3.53. The SMILES string of the molecule is CC(C)Cn1c(=O)n(CC(C)C)c(=O)n(CC2CO2)c1=O. The Balaban J connectivity index is 2.61. The number of rotatable bonds is 6. The van der Waals surface area contributed by atoms with Crippen molar-refractivity contribution < 1.29 is 4.74 Å². The molecule has 2 heterocycles. The Labute approximate surface area is 122 Å². The molecular weight excluding hydrogens is 274 g/mol. The van der Waals surface area contributed by atoms with Gasteiger partial charge in [-0.1, -0.05) is 27.7 Å². The summed E-state index contributed by atoms with van der Waals surface area (Å²) in [6.07, 6.45) is -0.0899. The Hall–Kier alpha value is -1.63. The lowest BCUT2D eigenvalue weighted by atomic mass is 10.2. The predicted molar refractivity (Wildman–Crippen MR) is 78.6 cm³/mol. The fourth-order valence-corrected chi connectivity index (χ4v) is 2.26. The summed E-state index contributed by atoms with van der Waals surface area (Å²) < 4.78 is 8.56. The van der Waals surface area contributed by atoms with Crippen LogP contribution in [0.1, 0.15) is 27.7 Å². The van der Waals surface area contributed by atoms with E-state index in [1.54, 1.807) is 0 Å². The molecule has 0 radical (unpaired) electrons. The second kappa shape index (κ2) is 6.01. The average Bonchev–Trinajstić information content (AvgIpc) is 3.19. The first kappa shape index (κ1) is 15.8. The molecule has 0 bridgehead atoms. The number of hydrogen-bond acceptors (Lipinski definition) is 4. The van der Waals surface area contributed by atoms with Gasteiger partial charge in [0.05, 0.1) is 19.3 Å². The monoisotopic (exact) mass is 297 g/mol. The zero-order valence-corrected chi connectivity index (χ0v) is 13.0. The van der Waals surface area contributed by atoms with E-state index in [1.807, 2.05) is 27.7 Å². The first-order valence-corrected chi connectivity index (χ1v) is 7.37. The summed E-state index contributed by atoms with van der Waals surface area (Å²) in [5.41, 5.74) is -1.58. The molecule has 1 unspecified atom stereocenters. The topological polar surface area (TPSA) is 78.5 Å². The summed E-state index contributed by atoms with van der Waals surface area (Å²) in [7, 11) is 0. The van der Waals surface area contributed by atoms with E-state index in [1.165, 1.54) is 0 Å². The molecule has 0 amide bonds. The zero-order chi connectivity index (χ0) is 15.7. The van der Waals surface area contributed by atoms with Crippen LogP contribution in [-0.4, -0.2) is 26.4 Å². The number of aromatic nitrogens is 3. The molecule has 0 saturated carbocycles. The molecule has 0 aromatic carbocycles.